The summed E-state index contributed by atoms with van der Waals surface area (Å²) < 4.78 is 15.7. The minimum Gasteiger partial charge on any atom is -0.497 e. The molecular formula is C22H16O5. The molecule has 3 aromatic rings. The fourth-order valence-electron chi connectivity index (χ4n) is 2.97. The molecule has 1 aliphatic heterocycles. The number of ketones is 2. The summed E-state index contributed by atoms with van der Waals surface area (Å²) >= 11 is 0. The number of hydrogen-bond acceptors (Lipinski definition) is 5. The van der Waals surface area contributed by atoms with E-state index in [1.54, 1.807) is 73.8 Å². The van der Waals surface area contributed by atoms with E-state index in [1.807, 2.05) is 0 Å². The van der Waals surface area contributed by atoms with Crippen LogP contribution in [-0.2, 0) is 0 Å². The molecule has 0 spiro atoms. The highest BCUT2D eigenvalue weighted by Crippen LogP contribution is 2.33. The van der Waals surface area contributed by atoms with Gasteiger partial charge in [0, 0.05) is 22.3 Å². The van der Waals surface area contributed by atoms with Crippen molar-refractivity contribution in [3.8, 4) is 17.2 Å². The number of hydrogen-bond donors (Lipinski definition) is 0. The van der Waals surface area contributed by atoms with Gasteiger partial charge in [-0.1, -0.05) is 24.3 Å². The van der Waals surface area contributed by atoms with Crippen molar-refractivity contribution in [3.63, 3.8) is 0 Å². The van der Waals surface area contributed by atoms with Crippen LogP contribution in [0.1, 0.15) is 31.8 Å². The van der Waals surface area contributed by atoms with E-state index in [9.17, 15) is 9.59 Å². The Balaban J connectivity index is 1.70. The average Bonchev–Trinajstić information content (AvgIpc) is 3.20. The molecular weight excluding hydrogens is 344 g/mol. The second-order valence-corrected chi connectivity index (χ2v) is 6.00. The third kappa shape index (κ3) is 3.15. The molecule has 1 aliphatic rings. The molecule has 0 bridgehead atoms. The van der Waals surface area contributed by atoms with Crippen LogP contribution >= 0.6 is 0 Å². The van der Waals surface area contributed by atoms with Crippen molar-refractivity contribution in [1.82, 2.24) is 0 Å². The van der Waals surface area contributed by atoms with Crippen LogP contribution in [0.25, 0.3) is 0 Å². The Hall–Kier alpha value is -3.60. The highest BCUT2D eigenvalue weighted by atomic mass is 16.7. The van der Waals surface area contributed by atoms with Crippen LogP contribution in [0.15, 0.2) is 66.7 Å². The quantitative estimate of drug-likeness (QED) is 0.646. The fraction of sp³-hybridized carbons (Fsp3) is 0.0909. The van der Waals surface area contributed by atoms with Gasteiger partial charge in [0.25, 0.3) is 0 Å². The minimum absolute atomic E-state index is 0.138. The van der Waals surface area contributed by atoms with Gasteiger partial charge in [0.05, 0.1) is 7.11 Å². The van der Waals surface area contributed by atoms with E-state index in [1.165, 1.54) is 0 Å². The van der Waals surface area contributed by atoms with Gasteiger partial charge in [0.2, 0.25) is 6.79 Å². The zero-order valence-electron chi connectivity index (χ0n) is 14.6. The highest BCUT2D eigenvalue weighted by Gasteiger charge is 2.21. The monoisotopic (exact) mass is 360 g/mol. The summed E-state index contributed by atoms with van der Waals surface area (Å²) in [5.74, 6) is 1.33. The van der Waals surface area contributed by atoms with Gasteiger partial charge >= 0.3 is 0 Å². The molecule has 1 heterocycles. The lowest BCUT2D eigenvalue weighted by atomic mass is 9.93. The van der Waals surface area contributed by atoms with E-state index in [4.69, 9.17) is 14.2 Å². The fourth-order valence-corrected chi connectivity index (χ4v) is 2.97. The standard InChI is InChI=1S/C22H16O5/c1-25-16-9-6-14(7-10-16)21(23)17-4-2-3-5-18(17)22(24)15-8-11-19-20(12-15)27-13-26-19/h2-12H,13H2,1H3. The Morgan fingerprint density at radius 1 is 0.778 bits per heavy atom. The topological polar surface area (TPSA) is 61.8 Å². The molecule has 3 aromatic carbocycles. The molecule has 0 unspecified atom stereocenters. The van der Waals surface area contributed by atoms with Gasteiger partial charge in [-0.25, -0.2) is 0 Å². The number of fused-ring (bicyclic) bond motifs is 1. The van der Waals surface area contributed by atoms with Crippen LogP contribution in [0, 0.1) is 0 Å². The van der Waals surface area contributed by atoms with Gasteiger partial charge < -0.3 is 14.2 Å². The van der Waals surface area contributed by atoms with E-state index in [0.29, 0.717) is 39.5 Å². The van der Waals surface area contributed by atoms with Crippen molar-refractivity contribution in [3.05, 3.63) is 89.0 Å². The van der Waals surface area contributed by atoms with E-state index in [-0.39, 0.29) is 18.4 Å². The summed E-state index contributed by atoms with van der Waals surface area (Å²) in [4.78, 5) is 26.0. The first-order chi connectivity index (χ1) is 13.2. The Morgan fingerprint density at radius 2 is 1.37 bits per heavy atom. The summed E-state index contributed by atoms with van der Waals surface area (Å²) in [5, 5.41) is 0. The molecule has 4 rings (SSSR count). The first-order valence-electron chi connectivity index (χ1n) is 8.39. The summed E-state index contributed by atoms with van der Waals surface area (Å²) in [5.41, 5.74) is 1.62. The van der Waals surface area contributed by atoms with Crippen molar-refractivity contribution in [2.24, 2.45) is 0 Å². The van der Waals surface area contributed by atoms with Crippen LogP contribution < -0.4 is 14.2 Å². The molecule has 0 saturated heterocycles. The van der Waals surface area contributed by atoms with Crippen LogP contribution in [0.4, 0.5) is 0 Å². The van der Waals surface area contributed by atoms with Crippen molar-refractivity contribution >= 4 is 11.6 Å². The van der Waals surface area contributed by atoms with Gasteiger partial charge in [0.1, 0.15) is 5.75 Å². The Morgan fingerprint density at radius 3 is 2.04 bits per heavy atom. The maximum atomic E-state index is 13.0. The number of carbonyl (C=O) groups is 2. The first kappa shape index (κ1) is 16.8. The second-order valence-electron chi connectivity index (χ2n) is 6.00. The summed E-state index contributed by atoms with van der Waals surface area (Å²) in [7, 11) is 1.57. The Bertz CT molecular complexity index is 1020. The van der Waals surface area contributed by atoms with Crippen LogP contribution in [0.5, 0.6) is 17.2 Å². The van der Waals surface area contributed by atoms with E-state index in [2.05, 4.69) is 0 Å². The molecule has 0 aliphatic carbocycles. The van der Waals surface area contributed by atoms with Crippen molar-refractivity contribution < 1.29 is 23.8 Å². The Kier molecular flexibility index (Phi) is 4.34. The number of ether oxygens (including phenoxy) is 3. The highest BCUT2D eigenvalue weighted by molar-refractivity contribution is 6.19. The Labute approximate surface area is 156 Å². The number of benzene rings is 3. The van der Waals surface area contributed by atoms with Crippen molar-refractivity contribution in [2.45, 2.75) is 0 Å². The lowest BCUT2D eigenvalue weighted by Crippen LogP contribution is -2.11. The zero-order chi connectivity index (χ0) is 18.8. The number of carbonyl (C=O) groups excluding carboxylic acids is 2. The molecule has 0 atom stereocenters. The third-order valence-electron chi connectivity index (χ3n) is 4.40. The van der Waals surface area contributed by atoms with E-state index >= 15 is 0 Å². The molecule has 27 heavy (non-hydrogen) atoms. The maximum Gasteiger partial charge on any atom is 0.231 e. The summed E-state index contributed by atoms with van der Waals surface area (Å²) in [6.45, 7) is 0.138. The molecule has 0 fully saturated rings. The smallest absolute Gasteiger partial charge is 0.231 e. The molecule has 0 N–H and O–H groups in total. The lowest BCUT2D eigenvalue weighted by molar-refractivity contribution is 0.100. The van der Waals surface area contributed by atoms with Gasteiger partial charge in [-0.3, -0.25) is 9.59 Å². The van der Waals surface area contributed by atoms with E-state index < -0.39 is 0 Å². The lowest BCUT2D eigenvalue weighted by Gasteiger charge is -2.09. The minimum atomic E-state index is -0.245. The summed E-state index contributed by atoms with van der Waals surface area (Å²) in [6, 6.07) is 18.6. The molecule has 0 aromatic heterocycles. The van der Waals surface area contributed by atoms with Gasteiger partial charge in [0.15, 0.2) is 23.1 Å². The molecule has 0 amide bonds. The molecule has 0 saturated carbocycles. The van der Waals surface area contributed by atoms with Gasteiger partial charge in [-0.2, -0.15) is 0 Å². The van der Waals surface area contributed by atoms with E-state index in [0.717, 1.165) is 0 Å². The van der Waals surface area contributed by atoms with Crippen LogP contribution in [0.2, 0.25) is 0 Å². The SMILES string of the molecule is COc1ccc(C(=O)c2ccccc2C(=O)c2ccc3c(c2)OCO3)cc1. The number of methoxy groups -OCH3 is 1. The normalized spacial score (nSPS) is 11.9. The largest absolute Gasteiger partial charge is 0.497 e. The predicted octanol–water partition coefficient (Wildman–Crippen LogP) is 3.89. The second kappa shape index (κ2) is 6.96. The third-order valence-corrected chi connectivity index (χ3v) is 4.40. The van der Waals surface area contributed by atoms with Gasteiger partial charge in [-0.05, 0) is 42.5 Å². The predicted molar refractivity (Wildman–Crippen MR) is 98.9 cm³/mol. The van der Waals surface area contributed by atoms with Crippen molar-refractivity contribution in [2.75, 3.05) is 13.9 Å². The van der Waals surface area contributed by atoms with Crippen LogP contribution in [0.3, 0.4) is 0 Å². The van der Waals surface area contributed by atoms with Gasteiger partial charge in [-0.15, -0.1) is 0 Å². The van der Waals surface area contributed by atoms with Crippen LogP contribution in [-0.4, -0.2) is 25.5 Å². The number of rotatable bonds is 5. The molecule has 134 valence electrons. The first-order valence-corrected chi connectivity index (χ1v) is 8.39. The zero-order valence-corrected chi connectivity index (χ0v) is 14.6. The average molecular weight is 360 g/mol. The molecule has 5 heteroatoms. The molecule has 0 radical (unpaired) electrons. The molecule has 5 nitrogen and oxygen atoms in total. The maximum absolute atomic E-state index is 13.0. The summed E-state index contributed by atoms with van der Waals surface area (Å²) in [6.07, 6.45) is 0. The van der Waals surface area contributed by atoms with Crippen molar-refractivity contribution in [1.29, 1.82) is 0 Å².